The predicted octanol–water partition coefficient (Wildman–Crippen LogP) is 0.663. The van der Waals surface area contributed by atoms with Crippen molar-refractivity contribution in [1.29, 1.82) is 0 Å². The molecule has 0 atom stereocenters. The number of hydrogen-bond donors (Lipinski definition) is 1. The first kappa shape index (κ1) is 10.7. The molecule has 14 heavy (non-hydrogen) atoms. The van der Waals surface area contributed by atoms with Crippen LogP contribution in [0.3, 0.4) is 0 Å². The Morgan fingerprint density at radius 2 is 2.29 bits per heavy atom. The average molecular weight is 197 g/mol. The summed E-state index contributed by atoms with van der Waals surface area (Å²) in [6, 6.07) is 1.62. The number of carboxylic acids is 1. The predicted molar refractivity (Wildman–Crippen MR) is 52.3 cm³/mol. The molecule has 0 fully saturated rings. The lowest BCUT2D eigenvalue weighted by Gasteiger charge is -2.10. The summed E-state index contributed by atoms with van der Waals surface area (Å²) in [4.78, 5) is 12.7. The normalized spacial score (nSPS) is 10.9. The van der Waals surface area contributed by atoms with Crippen LogP contribution in [0.15, 0.2) is 6.07 Å². The van der Waals surface area contributed by atoms with Crippen molar-refractivity contribution in [3.8, 4) is 0 Å². The highest BCUT2D eigenvalue weighted by Gasteiger charge is 2.12. The maximum Gasteiger partial charge on any atom is 0.356 e. The summed E-state index contributed by atoms with van der Waals surface area (Å²) in [5.41, 5.74) is 1.04. The molecule has 1 N–H and O–H groups in total. The highest BCUT2D eigenvalue weighted by molar-refractivity contribution is 5.85. The van der Waals surface area contributed by atoms with Gasteiger partial charge in [0.05, 0.1) is 5.69 Å². The molecule has 5 nitrogen and oxygen atoms in total. The lowest BCUT2D eigenvalue weighted by atomic mass is 10.3. The molecule has 1 heterocycles. The lowest BCUT2D eigenvalue weighted by molar-refractivity contribution is 0.0689. The molecule has 1 rings (SSSR count). The van der Waals surface area contributed by atoms with Gasteiger partial charge in [0.1, 0.15) is 0 Å². The van der Waals surface area contributed by atoms with Crippen molar-refractivity contribution in [2.45, 2.75) is 20.0 Å². The van der Waals surface area contributed by atoms with Crippen LogP contribution < -0.4 is 0 Å². The van der Waals surface area contributed by atoms with E-state index in [1.54, 1.807) is 10.7 Å². The molecular formula is C9H15N3O2. The van der Waals surface area contributed by atoms with Crippen molar-refractivity contribution < 1.29 is 9.90 Å². The van der Waals surface area contributed by atoms with Gasteiger partial charge in [0.2, 0.25) is 0 Å². The number of aryl methyl sites for hydroxylation is 1. The highest BCUT2D eigenvalue weighted by Crippen LogP contribution is 2.06. The van der Waals surface area contributed by atoms with Gasteiger partial charge in [0.15, 0.2) is 5.69 Å². The third-order valence-corrected chi connectivity index (χ3v) is 1.86. The standard InChI is InChI=1S/C9H15N3O2/c1-4-12-7(6-11(2)3)5-8(10-12)9(13)14/h5H,4,6H2,1-3H3,(H,13,14). The van der Waals surface area contributed by atoms with Gasteiger partial charge >= 0.3 is 5.97 Å². The van der Waals surface area contributed by atoms with Crippen molar-refractivity contribution in [2.24, 2.45) is 0 Å². The fraction of sp³-hybridized carbons (Fsp3) is 0.556. The zero-order valence-electron chi connectivity index (χ0n) is 8.69. The molecular weight excluding hydrogens is 182 g/mol. The molecule has 0 radical (unpaired) electrons. The van der Waals surface area contributed by atoms with Crippen LogP contribution in [-0.2, 0) is 13.1 Å². The Morgan fingerprint density at radius 1 is 1.64 bits per heavy atom. The maximum atomic E-state index is 10.7. The molecule has 1 aromatic heterocycles. The van der Waals surface area contributed by atoms with Gasteiger partial charge in [0.25, 0.3) is 0 Å². The second kappa shape index (κ2) is 4.23. The van der Waals surface area contributed by atoms with Crippen molar-refractivity contribution in [3.63, 3.8) is 0 Å². The van der Waals surface area contributed by atoms with Gasteiger partial charge in [-0.15, -0.1) is 0 Å². The van der Waals surface area contributed by atoms with Crippen LogP contribution in [0.4, 0.5) is 0 Å². The van der Waals surface area contributed by atoms with Gasteiger partial charge in [-0.05, 0) is 27.1 Å². The smallest absolute Gasteiger partial charge is 0.356 e. The second-order valence-electron chi connectivity index (χ2n) is 3.38. The minimum Gasteiger partial charge on any atom is -0.476 e. The van der Waals surface area contributed by atoms with E-state index >= 15 is 0 Å². The summed E-state index contributed by atoms with van der Waals surface area (Å²) in [7, 11) is 3.88. The quantitative estimate of drug-likeness (QED) is 0.770. The van der Waals surface area contributed by atoms with E-state index < -0.39 is 5.97 Å². The van der Waals surface area contributed by atoms with E-state index in [4.69, 9.17) is 5.11 Å². The summed E-state index contributed by atoms with van der Waals surface area (Å²) in [6.45, 7) is 3.34. The summed E-state index contributed by atoms with van der Waals surface area (Å²) < 4.78 is 1.71. The molecule has 0 aliphatic heterocycles. The van der Waals surface area contributed by atoms with Crippen LogP contribution >= 0.6 is 0 Å². The Hall–Kier alpha value is -1.36. The number of carbonyl (C=O) groups is 1. The van der Waals surface area contributed by atoms with Crippen LogP contribution in [0.1, 0.15) is 23.1 Å². The Labute approximate surface area is 82.9 Å². The fourth-order valence-electron chi connectivity index (χ4n) is 1.29. The van der Waals surface area contributed by atoms with E-state index in [-0.39, 0.29) is 5.69 Å². The lowest BCUT2D eigenvalue weighted by Crippen LogP contribution is -2.14. The first-order chi connectivity index (χ1) is 6.54. The number of nitrogens with zero attached hydrogens (tertiary/aromatic N) is 3. The zero-order chi connectivity index (χ0) is 10.7. The van der Waals surface area contributed by atoms with Gasteiger partial charge in [-0.2, -0.15) is 5.10 Å². The van der Waals surface area contributed by atoms with Gasteiger partial charge in [-0.3, -0.25) is 4.68 Å². The molecule has 0 bridgehead atoms. The van der Waals surface area contributed by atoms with E-state index in [0.29, 0.717) is 13.1 Å². The third kappa shape index (κ3) is 2.32. The van der Waals surface area contributed by atoms with Crippen molar-refractivity contribution in [2.75, 3.05) is 14.1 Å². The largest absolute Gasteiger partial charge is 0.476 e. The fourth-order valence-corrected chi connectivity index (χ4v) is 1.29. The molecule has 0 saturated heterocycles. The zero-order valence-corrected chi connectivity index (χ0v) is 8.69. The topological polar surface area (TPSA) is 58.4 Å². The van der Waals surface area contributed by atoms with E-state index in [0.717, 1.165) is 5.69 Å². The van der Waals surface area contributed by atoms with Gasteiger partial charge in [-0.25, -0.2) is 4.79 Å². The first-order valence-corrected chi connectivity index (χ1v) is 4.49. The Kier molecular flexibility index (Phi) is 3.24. The maximum absolute atomic E-state index is 10.7. The number of aromatic carboxylic acids is 1. The third-order valence-electron chi connectivity index (χ3n) is 1.86. The molecule has 5 heteroatoms. The number of rotatable bonds is 4. The summed E-state index contributed by atoms with van der Waals surface area (Å²) >= 11 is 0. The monoisotopic (exact) mass is 197 g/mol. The molecule has 0 unspecified atom stereocenters. The number of hydrogen-bond acceptors (Lipinski definition) is 3. The Morgan fingerprint density at radius 3 is 2.71 bits per heavy atom. The first-order valence-electron chi connectivity index (χ1n) is 4.49. The highest BCUT2D eigenvalue weighted by atomic mass is 16.4. The van der Waals surface area contributed by atoms with Gasteiger partial charge in [-0.1, -0.05) is 0 Å². The van der Waals surface area contributed by atoms with Gasteiger partial charge in [0, 0.05) is 13.1 Å². The minimum atomic E-state index is -0.975. The molecule has 78 valence electrons. The molecule has 0 aromatic carbocycles. The van der Waals surface area contributed by atoms with Crippen LogP contribution in [0.5, 0.6) is 0 Å². The summed E-state index contributed by atoms with van der Waals surface area (Å²) in [6.07, 6.45) is 0. The summed E-state index contributed by atoms with van der Waals surface area (Å²) in [5, 5.41) is 12.7. The molecule has 0 amide bonds. The number of carboxylic acid groups (broad SMARTS) is 1. The van der Waals surface area contributed by atoms with Crippen LogP contribution in [0, 0.1) is 0 Å². The van der Waals surface area contributed by atoms with Crippen molar-refractivity contribution in [3.05, 3.63) is 17.5 Å². The molecule has 0 spiro atoms. The van der Waals surface area contributed by atoms with Crippen molar-refractivity contribution in [1.82, 2.24) is 14.7 Å². The molecule has 1 aromatic rings. The molecule has 0 saturated carbocycles. The molecule has 0 aliphatic carbocycles. The van der Waals surface area contributed by atoms with E-state index in [2.05, 4.69) is 5.10 Å². The SMILES string of the molecule is CCn1nc(C(=O)O)cc1CN(C)C. The average Bonchev–Trinajstić information content (AvgIpc) is 2.46. The second-order valence-corrected chi connectivity index (χ2v) is 3.38. The van der Waals surface area contributed by atoms with Crippen LogP contribution in [-0.4, -0.2) is 39.9 Å². The van der Waals surface area contributed by atoms with E-state index in [1.165, 1.54) is 0 Å². The minimum absolute atomic E-state index is 0.115. The molecule has 0 aliphatic rings. The van der Waals surface area contributed by atoms with E-state index in [1.807, 2.05) is 25.9 Å². The number of aromatic nitrogens is 2. The van der Waals surface area contributed by atoms with Crippen LogP contribution in [0.25, 0.3) is 0 Å². The van der Waals surface area contributed by atoms with Crippen molar-refractivity contribution >= 4 is 5.97 Å². The van der Waals surface area contributed by atoms with Crippen LogP contribution in [0.2, 0.25) is 0 Å². The summed E-state index contributed by atoms with van der Waals surface area (Å²) in [5.74, 6) is -0.975. The van der Waals surface area contributed by atoms with Gasteiger partial charge < -0.3 is 10.0 Å². The Balaban J connectivity index is 2.96. The Bertz CT molecular complexity index is 331. The van der Waals surface area contributed by atoms with E-state index in [9.17, 15) is 4.79 Å².